The molecule has 5 heteroatoms. The first-order valence-electron chi connectivity index (χ1n) is 11.9. The van der Waals surface area contributed by atoms with E-state index in [0.29, 0.717) is 23.2 Å². The van der Waals surface area contributed by atoms with E-state index < -0.39 is 0 Å². The van der Waals surface area contributed by atoms with Crippen molar-refractivity contribution in [3.8, 4) is 0 Å². The molecule has 1 aliphatic heterocycles. The highest BCUT2D eigenvalue weighted by atomic mass is 32.1. The van der Waals surface area contributed by atoms with E-state index in [0.717, 1.165) is 22.7 Å². The molecule has 6 rings (SSSR count). The largest absolute Gasteiger partial charge is 0.375 e. The van der Waals surface area contributed by atoms with Gasteiger partial charge in [-0.1, -0.05) is 66.7 Å². The number of rotatable bonds is 4. The molecule has 1 aliphatic carbocycles. The third kappa shape index (κ3) is 4.13. The smallest absolute Gasteiger partial charge is 0.193 e. The molecule has 3 aromatic carbocycles. The molecule has 1 saturated carbocycles. The lowest BCUT2D eigenvalue weighted by Gasteiger charge is -2.33. The van der Waals surface area contributed by atoms with Crippen molar-refractivity contribution in [1.29, 1.82) is 0 Å². The molecule has 0 amide bonds. The molecule has 3 atom stereocenters. The Morgan fingerprint density at radius 1 is 0.857 bits per heavy atom. The maximum absolute atomic E-state index is 13.6. The van der Waals surface area contributed by atoms with E-state index in [4.69, 9.17) is 4.99 Å². The molecular weight excluding hydrogens is 452 g/mol. The molecule has 172 valence electrons. The molecule has 1 aromatic heterocycles. The highest BCUT2D eigenvalue weighted by Gasteiger charge is 2.42. The Labute approximate surface area is 208 Å². The van der Waals surface area contributed by atoms with Crippen molar-refractivity contribution in [2.45, 2.75) is 24.8 Å². The van der Waals surface area contributed by atoms with E-state index >= 15 is 0 Å². The van der Waals surface area contributed by atoms with E-state index in [1.54, 1.807) is 11.3 Å². The van der Waals surface area contributed by atoms with Crippen molar-refractivity contribution < 1.29 is 9.59 Å². The average Bonchev–Trinajstić information content (AvgIpc) is 3.38. The van der Waals surface area contributed by atoms with Gasteiger partial charge in [-0.15, -0.1) is 11.3 Å². The number of nitrogens with one attached hydrogen (secondary N) is 1. The number of hydrogen-bond acceptors (Lipinski definition) is 5. The second-order valence-electron chi connectivity index (χ2n) is 9.13. The van der Waals surface area contributed by atoms with Gasteiger partial charge in [0.05, 0.1) is 23.3 Å². The number of fused-ring (bicyclic) bond motifs is 2. The zero-order valence-electron chi connectivity index (χ0n) is 19.1. The Morgan fingerprint density at radius 3 is 2.37 bits per heavy atom. The summed E-state index contributed by atoms with van der Waals surface area (Å²) in [6.45, 7) is 0. The van der Waals surface area contributed by atoms with Crippen LogP contribution in [-0.2, 0) is 4.79 Å². The molecule has 3 unspecified atom stereocenters. The molecule has 2 aliphatic rings. The van der Waals surface area contributed by atoms with Gasteiger partial charge >= 0.3 is 0 Å². The van der Waals surface area contributed by atoms with E-state index in [1.165, 1.54) is 5.56 Å². The Morgan fingerprint density at radius 2 is 1.63 bits per heavy atom. The summed E-state index contributed by atoms with van der Waals surface area (Å²) in [5.74, 6) is -0.0399. The van der Waals surface area contributed by atoms with Gasteiger partial charge in [-0.05, 0) is 47.5 Å². The van der Waals surface area contributed by atoms with Crippen molar-refractivity contribution >= 4 is 40.0 Å². The molecule has 35 heavy (non-hydrogen) atoms. The van der Waals surface area contributed by atoms with Crippen LogP contribution in [0.5, 0.6) is 0 Å². The number of hydrogen-bond donors (Lipinski definition) is 1. The van der Waals surface area contributed by atoms with Crippen LogP contribution < -0.4 is 5.32 Å². The number of carbonyl (C=O) groups is 2. The fourth-order valence-electron chi connectivity index (χ4n) is 5.21. The van der Waals surface area contributed by atoms with Crippen molar-refractivity contribution in [1.82, 2.24) is 0 Å². The number of nitrogens with zero attached hydrogens (tertiary/aromatic N) is 1. The molecule has 4 nitrogen and oxygen atoms in total. The summed E-state index contributed by atoms with van der Waals surface area (Å²) in [7, 11) is 0. The van der Waals surface area contributed by atoms with Crippen molar-refractivity contribution in [2.24, 2.45) is 10.9 Å². The van der Waals surface area contributed by atoms with Crippen LogP contribution in [0.25, 0.3) is 0 Å². The Hall–Kier alpha value is -3.83. The van der Waals surface area contributed by atoms with E-state index in [9.17, 15) is 9.59 Å². The lowest BCUT2D eigenvalue weighted by molar-refractivity contribution is -0.122. The number of aliphatic imine (C=N–C) groups is 1. The number of ketones is 2. The Kier molecular flexibility index (Phi) is 5.63. The summed E-state index contributed by atoms with van der Waals surface area (Å²) in [6.07, 6.45) is 1.23. The standard InChI is InChI=1S/C30H24N2O2S/c33-26-18-22(19-8-3-1-4-9-19)17-25-28(26)29(27-12-7-15-35-27)32-23-14-13-21(16-24(23)31-25)30(34)20-10-5-2-6-11-20/h1-16,22,28-29,32H,17-18H2. The summed E-state index contributed by atoms with van der Waals surface area (Å²) in [6, 6.07) is 29.1. The van der Waals surface area contributed by atoms with Crippen LogP contribution in [0, 0.1) is 5.92 Å². The average molecular weight is 477 g/mol. The van der Waals surface area contributed by atoms with Crippen LogP contribution in [0.2, 0.25) is 0 Å². The predicted molar refractivity (Wildman–Crippen MR) is 141 cm³/mol. The first-order chi connectivity index (χ1) is 17.2. The van der Waals surface area contributed by atoms with E-state index in [2.05, 4.69) is 23.5 Å². The maximum Gasteiger partial charge on any atom is 0.193 e. The van der Waals surface area contributed by atoms with Crippen LogP contribution in [0.1, 0.15) is 51.2 Å². The van der Waals surface area contributed by atoms with Gasteiger partial charge in [0.15, 0.2) is 5.78 Å². The van der Waals surface area contributed by atoms with Gasteiger partial charge in [0.2, 0.25) is 0 Å². The molecule has 4 aromatic rings. The second kappa shape index (κ2) is 9.08. The molecule has 0 saturated heterocycles. The van der Waals surface area contributed by atoms with Crippen molar-refractivity contribution in [2.75, 3.05) is 5.32 Å². The fourth-order valence-corrected chi connectivity index (χ4v) is 6.03. The molecule has 2 heterocycles. The number of thiophene rings is 1. The zero-order chi connectivity index (χ0) is 23.8. The number of carbonyl (C=O) groups excluding carboxylic acids is 2. The molecule has 1 N–H and O–H groups in total. The fraction of sp³-hybridized carbons (Fsp3) is 0.167. The van der Waals surface area contributed by atoms with Gasteiger partial charge in [0.25, 0.3) is 0 Å². The third-order valence-corrected chi connectivity index (χ3v) is 7.89. The highest BCUT2D eigenvalue weighted by molar-refractivity contribution is 7.10. The van der Waals surface area contributed by atoms with Gasteiger partial charge in [0, 0.05) is 28.1 Å². The molecule has 0 bridgehead atoms. The molecule has 0 spiro atoms. The monoisotopic (exact) mass is 476 g/mol. The summed E-state index contributed by atoms with van der Waals surface area (Å²) in [5, 5.41) is 5.66. The van der Waals surface area contributed by atoms with E-state index in [1.807, 2.05) is 78.2 Å². The second-order valence-corrected chi connectivity index (χ2v) is 10.1. The normalized spacial score (nSPS) is 21.2. The number of anilines is 1. The van der Waals surface area contributed by atoms with Gasteiger partial charge in [-0.25, -0.2) is 0 Å². The van der Waals surface area contributed by atoms with Crippen LogP contribution in [0.4, 0.5) is 11.4 Å². The minimum absolute atomic E-state index is 0.0360. The SMILES string of the molecule is O=C(c1ccccc1)c1ccc2c(c1)N=C1CC(c3ccccc3)CC(=O)C1C(c1cccs1)N2. The van der Waals surface area contributed by atoms with Crippen molar-refractivity contribution in [3.63, 3.8) is 0 Å². The molecule has 1 fully saturated rings. The van der Waals surface area contributed by atoms with Crippen molar-refractivity contribution in [3.05, 3.63) is 118 Å². The third-order valence-electron chi connectivity index (χ3n) is 6.93. The maximum atomic E-state index is 13.6. The molecule has 0 radical (unpaired) electrons. The Balaban J connectivity index is 1.44. The lowest BCUT2D eigenvalue weighted by Crippen LogP contribution is -2.38. The number of Topliss-reactive ketones (excluding diaryl/α,β-unsaturated/α-hetero) is 1. The summed E-state index contributed by atoms with van der Waals surface area (Å²) < 4.78 is 0. The van der Waals surface area contributed by atoms with Gasteiger partial charge in [-0.2, -0.15) is 0 Å². The quantitative estimate of drug-likeness (QED) is 0.323. The minimum Gasteiger partial charge on any atom is -0.375 e. The van der Waals surface area contributed by atoms with Gasteiger partial charge in [0.1, 0.15) is 5.78 Å². The van der Waals surface area contributed by atoms with Gasteiger partial charge in [-0.3, -0.25) is 14.6 Å². The van der Waals surface area contributed by atoms with Crippen LogP contribution in [-0.4, -0.2) is 17.3 Å². The minimum atomic E-state index is -0.325. The number of benzene rings is 3. The topological polar surface area (TPSA) is 58.5 Å². The summed E-state index contributed by atoms with van der Waals surface area (Å²) >= 11 is 1.65. The first-order valence-corrected chi connectivity index (χ1v) is 12.7. The van der Waals surface area contributed by atoms with Crippen LogP contribution >= 0.6 is 11.3 Å². The highest BCUT2D eigenvalue weighted by Crippen LogP contribution is 2.45. The van der Waals surface area contributed by atoms with Crippen LogP contribution in [0.15, 0.2) is 101 Å². The lowest BCUT2D eigenvalue weighted by atomic mass is 9.73. The predicted octanol–water partition coefficient (Wildman–Crippen LogP) is 6.98. The zero-order valence-corrected chi connectivity index (χ0v) is 19.9. The Bertz CT molecular complexity index is 1410. The summed E-state index contributed by atoms with van der Waals surface area (Å²) in [5.41, 5.74) is 4.86. The molecular formula is C30H24N2O2S. The van der Waals surface area contributed by atoms with E-state index in [-0.39, 0.29) is 29.4 Å². The first kappa shape index (κ1) is 21.7. The van der Waals surface area contributed by atoms with Gasteiger partial charge < -0.3 is 5.32 Å². The summed E-state index contributed by atoms with van der Waals surface area (Å²) in [4.78, 5) is 32.9. The van der Waals surface area contributed by atoms with Crippen LogP contribution in [0.3, 0.4) is 0 Å².